The largest absolute Gasteiger partial charge is 0.305 e. The van der Waals surface area contributed by atoms with E-state index in [9.17, 15) is 0 Å². The molecule has 0 spiro atoms. The van der Waals surface area contributed by atoms with Crippen LogP contribution < -0.4 is 10.6 Å². The van der Waals surface area contributed by atoms with Crippen molar-refractivity contribution < 1.29 is 0 Å². The fourth-order valence-corrected chi connectivity index (χ4v) is 10.2. The van der Waals surface area contributed by atoms with Crippen molar-refractivity contribution in [1.82, 2.24) is 29.2 Å². The molecule has 9 rings (SSSR count). The normalized spacial score (nSPS) is 17.3. The van der Waals surface area contributed by atoms with Gasteiger partial charge in [0.2, 0.25) is 0 Å². The average molecular weight is 805 g/mol. The fourth-order valence-electron chi connectivity index (χ4n) is 8.07. The van der Waals surface area contributed by atoms with Crippen molar-refractivity contribution in [3.63, 3.8) is 0 Å². The number of benzene rings is 4. The SMILES string of the molecule is CN(Cc1ccccc1)Sc1cccc(CNC2CCCc3cccnc32)c1.c1ccc(CN(Sc2cccc(CNC3CCCc4cccnc43)c2)C2CC2)cc1. The van der Waals surface area contributed by atoms with Crippen LogP contribution in [0.5, 0.6) is 0 Å². The molecular weight excluding hydrogens is 749 g/mol. The number of aryl methyl sites for hydroxylation is 2. The number of rotatable bonds is 15. The lowest BCUT2D eigenvalue weighted by Crippen LogP contribution is -2.25. The fraction of sp³-hybridized carbons (Fsp3) is 0.320. The van der Waals surface area contributed by atoms with E-state index in [1.165, 1.54) is 86.7 Å². The topological polar surface area (TPSA) is 56.3 Å². The van der Waals surface area contributed by atoms with E-state index in [0.29, 0.717) is 18.1 Å². The number of nitrogens with zero attached hydrogens (tertiary/aromatic N) is 4. The summed E-state index contributed by atoms with van der Waals surface area (Å²) in [5.74, 6) is 0. The Labute approximate surface area is 354 Å². The van der Waals surface area contributed by atoms with Gasteiger partial charge in [-0.3, -0.25) is 9.97 Å². The van der Waals surface area contributed by atoms with Crippen molar-refractivity contribution in [3.8, 4) is 0 Å². The summed E-state index contributed by atoms with van der Waals surface area (Å²) in [6.45, 7) is 3.69. The Morgan fingerprint density at radius 1 is 0.534 bits per heavy atom. The second kappa shape index (κ2) is 20.6. The van der Waals surface area contributed by atoms with Gasteiger partial charge in [-0.2, -0.15) is 0 Å². The van der Waals surface area contributed by atoms with Gasteiger partial charge in [-0.05, 0) is 152 Å². The van der Waals surface area contributed by atoms with E-state index in [1.807, 2.05) is 30.4 Å². The Morgan fingerprint density at radius 2 is 1.03 bits per heavy atom. The van der Waals surface area contributed by atoms with Crippen molar-refractivity contribution in [2.75, 3.05) is 7.05 Å². The van der Waals surface area contributed by atoms with Gasteiger partial charge in [0.1, 0.15) is 0 Å². The molecule has 4 aromatic carbocycles. The van der Waals surface area contributed by atoms with Gasteiger partial charge in [0.25, 0.3) is 0 Å². The zero-order valence-electron chi connectivity index (χ0n) is 33.7. The van der Waals surface area contributed by atoms with Gasteiger partial charge in [-0.25, -0.2) is 8.61 Å². The Kier molecular flexibility index (Phi) is 14.4. The van der Waals surface area contributed by atoms with Gasteiger partial charge in [0.05, 0.1) is 23.5 Å². The van der Waals surface area contributed by atoms with Crippen molar-refractivity contribution in [1.29, 1.82) is 0 Å². The molecule has 6 nitrogen and oxygen atoms in total. The highest BCUT2D eigenvalue weighted by molar-refractivity contribution is 7.97. The number of fused-ring (bicyclic) bond motifs is 2. The minimum absolute atomic E-state index is 0.363. The number of hydrogen-bond acceptors (Lipinski definition) is 8. The van der Waals surface area contributed by atoms with Crippen LogP contribution in [0.3, 0.4) is 0 Å². The van der Waals surface area contributed by atoms with E-state index in [2.05, 4.69) is 164 Å². The van der Waals surface area contributed by atoms with E-state index in [0.717, 1.165) is 45.4 Å². The third-order valence-corrected chi connectivity index (χ3v) is 13.2. The zero-order chi connectivity index (χ0) is 39.4. The van der Waals surface area contributed by atoms with Crippen LogP contribution in [-0.2, 0) is 39.0 Å². The Hall–Kier alpha value is -4.28. The summed E-state index contributed by atoms with van der Waals surface area (Å²) >= 11 is 3.71. The minimum atomic E-state index is 0.363. The lowest BCUT2D eigenvalue weighted by atomic mass is 9.92. The average Bonchev–Trinajstić information content (AvgIpc) is 4.12. The smallest absolute Gasteiger partial charge is 0.0605 e. The number of pyridine rings is 2. The molecule has 6 aromatic rings. The molecule has 0 aliphatic heterocycles. The highest BCUT2D eigenvalue weighted by atomic mass is 32.2. The first-order valence-corrected chi connectivity index (χ1v) is 22.6. The third kappa shape index (κ3) is 11.7. The molecule has 1 fully saturated rings. The van der Waals surface area contributed by atoms with Crippen LogP contribution in [0.1, 0.15) is 95.4 Å². The lowest BCUT2D eigenvalue weighted by Gasteiger charge is -2.25. The summed E-state index contributed by atoms with van der Waals surface area (Å²) in [5, 5.41) is 7.49. The van der Waals surface area contributed by atoms with Crippen molar-refractivity contribution in [3.05, 3.63) is 191 Å². The summed E-state index contributed by atoms with van der Waals surface area (Å²) < 4.78 is 4.84. The number of nitrogens with one attached hydrogen (secondary N) is 2. The van der Waals surface area contributed by atoms with Crippen LogP contribution in [0.25, 0.3) is 0 Å². The molecular formula is C50H56N6S2. The second-order valence-electron chi connectivity index (χ2n) is 15.8. The Balaban J connectivity index is 0.000000162. The molecule has 0 radical (unpaired) electrons. The summed E-state index contributed by atoms with van der Waals surface area (Å²) in [6.07, 6.45) is 13.6. The zero-order valence-corrected chi connectivity index (χ0v) is 35.3. The van der Waals surface area contributed by atoms with Crippen LogP contribution in [0, 0.1) is 0 Å². The summed E-state index contributed by atoms with van der Waals surface area (Å²) in [7, 11) is 2.15. The quantitative estimate of drug-likeness (QED) is 0.0996. The Morgan fingerprint density at radius 3 is 1.57 bits per heavy atom. The molecule has 0 amide bonds. The molecule has 2 aromatic heterocycles. The first-order chi connectivity index (χ1) is 28.6. The Bertz CT molecular complexity index is 2180. The van der Waals surface area contributed by atoms with Gasteiger partial charge < -0.3 is 10.6 Å². The third-order valence-electron chi connectivity index (χ3n) is 11.2. The minimum Gasteiger partial charge on any atom is -0.305 e. The summed E-state index contributed by atoms with van der Waals surface area (Å²) in [6, 6.07) is 49.3. The summed E-state index contributed by atoms with van der Waals surface area (Å²) in [4.78, 5) is 11.9. The van der Waals surface area contributed by atoms with Crippen molar-refractivity contribution >= 4 is 23.9 Å². The second-order valence-corrected chi connectivity index (χ2v) is 18.2. The van der Waals surface area contributed by atoms with Crippen LogP contribution in [0.4, 0.5) is 0 Å². The van der Waals surface area contributed by atoms with Gasteiger partial charge >= 0.3 is 0 Å². The monoisotopic (exact) mass is 804 g/mol. The predicted octanol–water partition coefficient (Wildman–Crippen LogP) is 11.3. The molecule has 2 heterocycles. The van der Waals surface area contributed by atoms with E-state index in [-0.39, 0.29) is 0 Å². The first kappa shape index (κ1) is 40.5. The number of aromatic nitrogens is 2. The van der Waals surface area contributed by atoms with Gasteiger partial charge in [0, 0.05) is 54.4 Å². The summed E-state index contributed by atoms with van der Waals surface area (Å²) in [5.41, 5.74) is 10.7. The van der Waals surface area contributed by atoms with Gasteiger partial charge in [-0.1, -0.05) is 97.1 Å². The van der Waals surface area contributed by atoms with Crippen molar-refractivity contribution in [2.24, 2.45) is 0 Å². The molecule has 3 aliphatic rings. The molecule has 0 saturated heterocycles. The molecule has 2 atom stereocenters. The predicted molar refractivity (Wildman–Crippen MR) is 241 cm³/mol. The molecule has 1 saturated carbocycles. The molecule has 58 heavy (non-hydrogen) atoms. The van der Waals surface area contributed by atoms with Crippen LogP contribution in [0.15, 0.2) is 156 Å². The maximum Gasteiger partial charge on any atom is 0.0605 e. The van der Waals surface area contributed by atoms with E-state index >= 15 is 0 Å². The highest BCUT2D eigenvalue weighted by Gasteiger charge is 2.30. The van der Waals surface area contributed by atoms with Gasteiger partial charge in [-0.15, -0.1) is 0 Å². The van der Waals surface area contributed by atoms with E-state index < -0.39 is 0 Å². The van der Waals surface area contributed by atoms with E-state index in [4.69, 9.17) is 0 Å². The van der Waals surface area contributed by atoms with Crippen LogP contribution >= 0.6 is 23.9 Å². The van der Waals surface area contributed by atoms with Crippen LogP contribution in [0.2, 0.25) is 0 Å². The van der Waals surface area contributed by atoms with E-state index in [1.54, 1.807) is 11.9 Å². The lowest BCUT2D eigenvalue weighted by molar-refractivity contribution is 0.447. The maximum absolute atomic E-state index is 4.66. The number of hydrogen-bond donors (Lipinski definition) is 2. The van der Waals surface area contributed by atoms with Crippen LogP contribution in [-0.4, -0.2) is 31.7 Å². The maximum atomic E-state index is 4.66. The first-order valence-electron chi connectivity index (χ1n) is 21.1. The molecule has 298 valence electrons. The van der Waals surface area contributed by atoms with Crippen molar-refractivity contribution in [2.45, 2.75) is 105 Å². The molecule has 2 unspecified atom stereocenters. The molecule has 3 aliphatic carbocycles. The molecule has 0 bridgehead atoms. The highest BCUT2D eigenvalue weighted by Crippen LogP contribution is 2.37. The molecule has 8 heteroatoms. The van der Waals surface area contributed by atoms with Gasteiger partial charge in [0.15, 0.2) is 0 Å². The molecule has 2 N–H and O–H groups in total. The standard InChI is InChI=1S/C26H29N3S.C24H27N3S/c1-2-7-20(8-3-1)19-29(23-14-15-23)30-24-12-4-9-21(17-24)18-28-25-13-5-10-22-11-6-16-27-26(22)25;1-27(18-19-8-3-2-4-9-19)28-22-13-5-10-20(16-22)17-26-23-14-6-11-21-12-7-15-25-24(21)23/h1-4,6-9,11-12,16-17,23,25,28H,5,10,13-15,18-19H2;2-5,7-10,12-13,15-16,23,26H,6,11,14,17-18H2,1H3.